The molecule has 1 unspecified atom stereocenters. The van der Waals surface area contributed by atoms with Gasteiger partial charge in [-0.2, -0.15) is 0 Å². The van der Waals surface area contributed by atoms with Crippen LogP contribution in [0, 0.1) is 0 Å². The number of nitrogens with one attached hydrogen (secondary N) is 2. The number of sulfonamides is 1. The first-order chi connectivity index (χ1) is 17.6. The number of amides is 1. The van der Waals surface area contributed by atoms with Gasteiger partial charge in [0.05, 0.1) is 9.90 Å². The quantitative estimate of drug-likeness (QED) is 0.213. The number of carbonyl (C=O) groups is 2. The molecule has 4 rings (SSSR count). The molecule has 1 amide bonds. The highest BCUT2D eigenvalue weighted by Crippen LogP contribution is 2.28. The highest BCUT2D eigenvalue weighted by molar-refractivity contribution is 7.94. The smallest absolute Gasteiger partial charge is 0.339 e. The van der Waals surface area contributed by atoms with E-state index in [9.17, 15) is 18.0 Å². The van der Waals surface area contributed by atoms with Crippen molar-refractivity contribution >= 4 is 79.4 Å². The third kappa shape index (κ3) is 7.03. The van der Waals surface area contributed by atoms with E-state index in [2.05, 4.69) is 10.0 Å². The van der Waals surface area contributed by atoms with Gasteiger partial charge in [0.1, 0.15) is 4.21 Å². The predicted octanol–water partition coefficient (Wildman–Crippen LogP) is 7.05. The molecule has 190 valence electrons. The molecule has 1 aromatic heterocycles. The number of thiophene rings is 1. The van der Waals surface area contributed by atoms with Crippen LogP contribution in [0.4, 0.5) is 11.4 Å². The summed E-state index contributed by atoms with van der Waals surface area (Å²) in [5.74, 6) is -1.40. The summed E-state index contributed by atoms with van der Waals surface area (Å²) in [5.41, 5.74) is 1.13. The zero-order valence-corrected chi connectivity index (χ0v) is 22.6. The average Bonchev–Trinajstić information content (AvgIpc) is 3.30. The van der Waals surface area contributed by atoms with Crippen molar-refractivity contribution in [3.8, 4) is 0 Å². The third-order valence-electron chi connectivity index (χ3n) is 4.88. The monoisotopic (exact) mass is 594 g/mol. The number of rotatable bonds is 8. The summed E-state index contributed by atoms with van der Waals surface area (Å²) < 4.78 is 33.4. The van der Waals surface area contributed by atoms with E-state index >= 15 is 0 Å². The van der Waals surface area contributed by atoms with Crippen LogP contribution in [0.1, 0.15) is 22.0 Å². The molecule has 0 aliphatic heterocycles. The molecule has 4 aromatic rings. The molecule has 0 fully saturated rings. The number of benzene rings is 3. The zero-order chi connectivity index (χ0) is 26.6. The molecule has 1 heterocycles. The van der Waals surface area contributed by atoms with Crippen molar-refractivity contribution in [2.24, 2.45) is 0 Å². The summed E-state index contributed by atoms with van der Waals surface area (Å²) in [6, 6.07) is 21.5. The second-order valence-electron chi connectivity index (χ2n) is 7.58. The number of esters is 1. The molecule has 0 spiro atoms. The maximum atomic E-state index is 13.1. The van der Waals surface area contributed by atoms with Crippen LogP contribution < -0.4 is 10.0 Å². The van der Waals surface area contributed by atoms with E-state index in [0.717, 1.165) is 11.3 Å². The first-order valence-corrected chi connectivity index (χ1v) is 14.0. The van der Waals surface area contributed by atoms with Crippen LogP contribution in [-0.4, -0.2) is 20.3 Å². The fourth-order valence-corrected chi connectivity index (χ4v) is 6.30. The third-order valence-corrected chi connectivity index (χ3v) is 8.42. The van der Waals surface area contributed by atoms with E-state index < -0.39 is 28.0 Å². The van der Waals surface area contributed by atoms with Gasteiger partial charge in [-0.15, -0.1) is 11.3 Å². The van der Waals surface area contributed by atoms with Crippen molar-refractivity contribution in [1.29, 1.82) is 0 Å². The first kappa shape index (κ1) is 27.0. The minimum atomic E-state index is -3.83. The number of ether oxygens (including phenoxy) is 1. The van der Waals surface area contributed by atoms with E-state index in [1.807, 2.05) is 0 Å². The summed E-state index contributed by atoms with van der Waals surface area (Å²) in [6.45, 7) is 0. The minimum absolute atomic E-state index is 0.0543. The molecule has 12 heteroatoms. The van der Waals surface area contributed by atoms with Crippen LogP contribution in [-0.2, 0) is 19.6 Å². The van der Waals surface area contributed by atoms with Gasteiger partial charge in [0.15, 0.2) is 0 Å². The van der Waals surface area contributed by atoms with Crippen LogP contribution in [0.2, 0.25) is 14.4 Å². The zero-order valence-electron chi connectivity index (χ0n) is 18.7. The van der Waals surface area contributed by atoms with Gasteiger partial charge in [0.25, 0.3) is 15.9 Å². The fraction of sp³-hybridized carbons (Fsp3) is 0.0400. The van der Waals surface area contributed by atoms with Crippen LogP contribution in [0.25, 0.3) is 0 Å². The molecular weight excluding hydrogens is 579 g/mol. The van der Waals surface area contributed by atoms with Crippen LogP contribution >= 0.6 is 46.1 Å². The predicted molar refractivity (Wildman–Crippen MR) is 146 cm³/mol. The van der Waals surface area contributed by atoms with Gasteiger partial charge < -0.3 is 10.1 Å². The molecule has 0 saturated carbocycles. The summed E-state index contributed by atoms with van der Waals surface area (Å²) in [5, 5.41) is 3.32. The van der Waals surface area contributed by atoms with Crippen molar-refractivity contribution in [3.63, 3.8) is 0 Å². The second kappa shape index (κ2) is 11.5. The Hall–Kier alpha value is -3.08. The average molecular weight is 596 g/mol. The van der Waals surface area contributed by atoms with Gasteiger partial charge in [0, 0.05) is 27.0 Å². The summed E-state index contributed by atoms with van der Waals surface area (Å²) in [6.07, 6.45) is -1.28. The van der Waals surface area contributed by atoms with Crippen LogP contribution in [0.5, 0.6) is 0 Å². The number of anilines is 2. The molecule has 0 saturated heterocycles. The molecule has 7 nitrogen and oxygen atoms in total. The van der Waals surface area contributed by atoms with E-state index in [-0.39, 0.29) is 15.5 Å². The summed E-state index contributed by atoms with van der Waals surface area (Å²) in [7, 11) is -3.83. The summed E-state index contributed by atoms with van der Waals surface area (Å²) >= 11 is 18.8. The Balaban J connectivity index is 1.50. The van der Waals surface area contributed by atoms with Crippen molar-refractivity contribution < 1.29 is 22.7 Å². The standard InChI is InChI=1S/C25H17Cl3N2O5S2/c26-17-12-18(27)14-20(13-17)29-24(31)23(15-4-2-1-3-5-15)35-25(32)16-6-8-19(9-7-16)30-37(33,34)22-11-10-21(28)36-22/h1-14,23,30H,(H,29,31). The van der Waals surface area contributed by atoms with Gasteiger partial charge in [-0.1, -0.05) is 65.1 Å². The minimum Gasteiger partial charge on any atom is -0.444 e. The molecule has 0 radical (unpaired) electrons. The highest BCUT2D eigenvalue weighted by Gasteiger charge is 2.26. The lowest BCUT2D eigenvalue weighted by atomic mass is 10.1. The van der Waals surface area contributed by atoms with Crippen molar-refractivity contribution in [3.05, 3.63) is 110 Å². The maximum absolute atomic E-state index is 13.1. The normalized spacial score (nSPS) is 12.0. The lowest BCUT2D eigenvalue weighted by molar-refractivity contribution is -0.125. The van der Waals surface area contributed by atoms with Gasteiger partial charge in [0.2, 0.25) is 6.10 Å². The molecule has 0 bridgehead atoms. The van der Waals surface area contributed by atoms with Gasteiger partial charge in [-0.05, 0) is 54.6 Å². The Labute approximate surface area is 232 Å². The van der Waals surface area contributed by atoms with E-state index in [4.69, 9.17) is 39.5 Å². The fourth-order valence-electron chi connectivity index (χ4n) is 3.23. The Morgan fingerprint density at radius 1 is 0.811 bits per heavy atom. The van der Waals surface area contributed by atoms with E-state index in [1.54, 1.807) is 30.3 Å². The molecule has 2 N–H and O–H groups in total. The topological polar surface area (TPSA) is 102 Å². The number of halogens is 3. The molecular formula is C25H17Cl3N2O5S2. The highest BCUT2D eigenvalue weighted by atomic mass is 35.5. The number of hydrogen-bond acceptors (Lipinski definition) is 6. The Morgan fingerprint density at radius 3 is 2.05 bits per heavy atom. The van der Waals surface area contributed by atoms with Crippen molar-refractivity contribution in [1.82, 2.24) is 0 Å². The molecule has 3 aromatic carbocycles. The van der Waals surface area contributed by atoms with Crippen molar-refractivity contribution in [2.75, 3.05) is 10.0 Å². The maximum Gasteiger partial charge on any atom is 0.339 e. The number of carbonyl (C=O) groups excluding carboxylic acids is 2. The molecule has 37 heavy (non-hydrogen) atoms. The van der Waals surface area contributed by atoms with Crippen molar-refractivity contribution in [2.45, 2.75) is 10.3 Å². The van der Waals surface area contributed by atoms with Crippen LogP contribution in [0.15, 0.2) is 89.1 Å². The lowest BCUT2D eigenvalue weighted by Crippen LogP contribution is -2.26. The van der Waals surface area contributed by atoms with E-state index in [0.29, 0.717) is 25.6 Å². The van der Waals surface area contributed by atoms with Gasteiger partial charge >= 0.3 is 5.97 Å². The molecule has 0 aliphatic carbocycles. The number of hydrogen-bond donors (Lipinski definition) is 2. The van der Waals surface area contributed by atoms with E-state index in [1.165, 1.54) is 54.6 Å². The molecule has 0 aliphatic rings. The lowest BCUT2D eigenvalue weighted by Gasteiger charge is -2.18. The molecule has 1 atom stereocenters. The summed E-state index contributed by atoms with van der Waals surface area (Å²) in [4.78, 5) is 26.0. The van der Waals surface area contributed by atoms with Crippen LogP contribution in [0.3, 0.4) is 0 Å². The Bertz CT molecular complexity index is 1520. The van der Waals surface area contributed by atoms with Gasteiger partial charge in [-0.25, -0.2) is 13.2 Å². The largest absolute Gasteiger partial charge is 0.444 e. The SMILES string of the molecule is O=C(OC(C(=O)Nc1cc(Cl)cc(Cl)c1)c1ccccc1)c1ccc(NS(=O)(=O)c2ccc(Cl)s2)cc1. The Kier molecular flexibility index (Phi) is 8.41. The first-order valence-electron chi connectivity index (χ1n) is 10.5. The van der Waals surface area contributed by atoms with Gasteiger partial charge in [-0.3, -0.25) is 9.52 Å². The Morgan fingerprint density at radius 2 is 1.46 bits per heavy atom. The second-order valence-corrected chi connectivity index (χ2v) is 12.1.